The molecule has 0 unspecified atom stereocenters. The fraction of sp³-hybridized carbons (Fsp3) is 0.455. The summed E-state index contributed by atoms with van der Waals surface area (Å²) in [5, 5.41) is 15.9. The monoisotopic (exact) mass is 478 g/mol. The number of nitrogen functional groups attached to an aromatic ring is 1. The molecule has 1 aliphatic carbocycles. The van der Waals surface area contributed by atoms with Gasteiger partial charge in [0.2, 0.25) is 5.95 Å². The maximum atomic E-state index is 12.7. The molecule has 0 saturated heterocycles. The Bertz CT molecular complexity index is 1260. The SMILES string of the molecule is CC.CC1(O)CCC1.CNc1nc(N)nn2ccc(-c3ccc4ncn(CC(F)(F)F)c4n3)c12. The molecule has 1 aliphatic rings. The average Bonchev–Trinajstić information content (AvgIpc) is 3.37. The number of nitrogens with one attached hydrogen (secondary N) is 1. The summed E-state index contributed by atoms with van der Waals surface area (Å²) in [6.07, 6.45) is 1.68. The highest BCUT2D eigenvalue weighted by Crippen LogP contribution is 2.31. The van der Waals surface area contributed by atoms with Crippen molar-refractivity contribution >= 4 is 28.4 Å². The van der Waals surface area contributed by atoms with Crippen LogP contribution in [0.3, 0.4) is 0 Å². The summed E-state index contributed by atoms with van der Waals surface area (Å²) in [6.45, 7) is 4.73. The Kier molecular flexibility index (Phi) is 7.29. The second-order valence-corrected chi connectivity index (χ2v) is 7.97. The van der Waals surface area contributed by atoms with Gasteiger partial charge in [-0.05, 0) is 44.4 Å². The third kappa shape index (κ3) is 5.56. The highest BCUT2D eigenvalue weighted by molar-refractivity contribution is 5.89. The fourth-order valence-electron chi connectivity index (χ4n) is 3.51. The lowest BCUT2D eigenvalue weighted by Gasteiger charge is -2.31. The van der Waals surface area contributed by atoms with Crippen molar-refractivity contribution < 1.29 is 18.3 Å². The molecule has 0 aliphatic heterocycles. The summed E-state index contributed by atoms with van der Waals surface area (Å²) in [5.74, 6) is 0.582. The standard InChI is InChI=1S/C15H13F3N8.C5H10O.C2H6/c1-20-12-11-8(4-5-26(11)24-14(19)23-12)9-2-3-10-13(22-9)25(7-21-10)6-15(16,17)18;1-5(6)3-2-4-5;1-2/h2-5,7H,6H2,1H3,(H3,19,20,23,24);6H,2-4H2,1H3;1-2H3. The highest BCUT2D eigenvalue weighted by atomic mass is 19.4. The number of hydrogen-bond acceptors (Lipinski definition) is 7. The van der Waals surface area contributed by atoms with Crippen molar-refractivity contribution in [1.82, 2.24) is 29.1 Å². The molecule has 0 spiro atoms. The predicted molar refractivity (Wildman–Crippen MR) is 125 cm³/mol. The first-order valence-electron chi connectivity index (χ1n) is 11.0. The number of fused-ring (bicyclic) bond motifs is 2. The third-order valence-electron chi connectivity index (χ3n) is 5.28. The summed E-state index contributed by atoms with van der Waals surface area (Å²) in [7, 11) is 1.69. The molecule has 4 N–H and O–H groups in total. The zero-order valence-corrected chi connectivity index (χ0v) is 19.6. The van der Waals surface area contributed by atoms with Crippen molar-refractivity contribution in [3.05, 3.63) is 30.7 Å². The lowest BCUT2D eigenvalue weighted by molar-refractivity contribution is -0.140. The summed E-state index contributed by atoms with van der Waals surface area (Å²) >= 11 is 0. The first-order valence-corrected chi connectivity index (χ1v) is 11.0. The second kappa shape index (κ2) is 9.84. The molecule has 4 heterocycles. The van der Waals surface area contributed by atoms with Crippen LogP contribution in [0.2, 0.25) is 0 Å². The van der Waals surface area contributed by atoms with E-state index in [1.807, 2.05) is 20.8 Å². The zero-order valence-electron chi connectivity index (χ0n) is 19.6. The number of imidazole rings is 1. The van der Waals surface area contributed by atoms with Gasteiger partial charge >= 0.3 is 6.18 Å². The van der Waals surface area contributed by atoms with Crippen LogP contribution in [0.1, 0.15) is 40.0 Å². The highest BCUT2D eigenvalue weighted by Gasteiger charge is 2.29. The smallest absolute Gasteiger partial charge is 0.390 e. The Morgan fingerprint density at radius 3 is 2.41 bits per heavy atom. The van der Waals surface area contributed by atoms with E-state index < -0.39 is 12.7 Å². The Labute approximate surface area is 194 Å². The van der Waals surface area contributed by atoms with Crippen LogP contribution in [-0.2, 0) is 6.54 Å². The third-order valence-corrected chi connectivity index (χ3v) is 5.28. The van der Waals surface area contributed by atoms with Gasteiger partial charge in [-0.1, -0.05) is 13.8 Å². The molecule has 0 amide bonds. The molecule has 4 aromatic heterocycles. The minimum Gasteiger partial charge on any atom is -0.390 e. The van der Waals surface area contributed by atoms with Gasteiger partial charge in [-0.25, -0.2) is 14.5 Å². The van der Waals surface area contributed by atoms with Crippen molar-refractivity contribution in [2.45, 2.75) is 58.4 Å². The van der Waals surface area contributed by atoms with Gasteiger partial charge in [0, 0.05) is 18.8 Å². The average molecular weight is 479 g/mol. The molecular formula is C22H29F3N8O. The molecule has 1 saturated carbocycles. The number of rotatable bonds is 3. The molecular weight excluding hydrogens is 449 g/mol. The summed E-state index contributed by atoms with van der Waals surface area (Å²) in [6, 6.07) is 5.08. The summed E-state index contributed by atoms with van der Waals surface area (Å²) < 4.78 is 40.8. The van der Waals surface area contributed by atoms with Crippen molar-refractivity contribution in [2.75, 3.05) is 18.1 Å². The summed E-state index contributed by atoms with van der Waals surface area (Å²) in [4.78, 5) is 12.5. The lowest BCUT2D eigenvalue weighted by atomic mass is 9.82. The van der Waals surface area contributed by atoms with E-state index in [0.29, 0.717) is 28.1 Å². The van der Waals surface area contributed by atoms with Crippen molar-refractivity contribution in [3.8, 4) is 11.3 Å². The largest absolute Gasteiger partial charge is 0.406 e. The lowest BCUT2D eigenvalue weighted by Crippen LogP contribution is -2.32. The predicted octanol–water partition coefficient (Wildman–Crippen LogP) is 4.27. The van der Waals surface area contributed by atoms with E-state index >= 15 is 0 Å². The summed E-state index contributed by atoms with van der Waals surface area (Å²) in [5.41, 5.74) is 7.70. The molecule has 9 nitrogen and oxygen atoms in total. The molecule has 0 aromatic carbocycles. The van der Waals surface area contributed by atoms with Crippen LogP contribution in [0.15, 0.2) is 30.7 Å². The Morgan fingerprint density at radius 1 is 1.18 bits per heavy atom. The van der Waals surface area contributed by atoms with Gasteiger partial charge < -0.3 is 20.7 Å². The second-order valence-electron chi connectivity index (χ2n) is 7.97. The number of pyridine rings is 1. The molecule has 1 fully saturated rings. The van der Waals surface area contributed by atoms with E-state index in [-0.39, 0.29) is 17.2 Å². The number of nitrogens with zero attached hydrogens (tertiary/aromatic N) is 6. The zero-order chi connectivity index (χ0) is 25.1. The number of aromatic nitrogens is 6. The first-order chi connectivity index (χ1) is 16.1. The Balaban J connectivity index is 0.000000348. The number of halogens is 3. The van der Waals surface area contributed by atoms with E-state index in [4.69, 9.17) is 10.8 Å². The van der Waals surface area contributed by atoms with E-state index in [9.17, 15) is 13.2 Å². The fourth-order valence-corrected chi connectivity index (χ4v) is 3.51. The maximum absolute atomic E-state index is 12.7. The van der Waals surface area contributed by atoms with Crippen molar-refractivity contribution in [2.24, 2.45) is 0 Å². The molecule has 0 atom stereocenters. The van der Waals surface area contributed by atoms with E-state index in [2.05, 4.69) is 25.4 Å². The van der Waals surface area contributed by atoms with Gasteiger partial charge in [0.15, 0.2) is 11.5 Å². The van der Waals surface area contributed by atoms with Crippen LogP contribution in [0.5, 0.6) is 0 Å². The molecule has 4 aromatic rings. The normalized spacial score (nSPS) is 14.6. The maximum Gasteiger partial charge on any atom is 0.406 e. The van der Waals surface area contributed by atoms with Crippen LogP contribution in [-0.4, -0.2) is 53.1 Å². The molecule has 0 radical (unpaired) electrons. The quantitative estimate of drug-likeness (QED) is 0.402. The van der Waals surface area contributed by atoms with Crippen LogP contribution in [0.25, 0.3) is 27.9 Å². The van der Waals surface area contributed by atoms with Gasteiger partial charge in [-0.2, -0.15) is 18.2 Å². The van der Waals surface area contributed by atoms with E-state index in [0.717, 1.165) is 23.7 Å². The minimum absolute atomic E-state index is 0.0932. The molecule has 34 heavy (non-hydrogen) atoms. The van der Waals surface area contributed by atoms with Gasteiger partial charge in [-0.3, -0.25) is 0 Å². The van der Waals surface area contributed by atoms with Crippen molar-refractivity contribution in [3.63, 3.8) is 0 Å². The molecule has 12 heteroatoms. The van der Waals surface area contributed by atoms with Gasteiger partial charge in [0.05, 0.1) is 17.6 Å². The van der Waals surface area contributed by atoms with Crippen LogP contribution >= 0.6 is 0 Å². The number of anilines is 2. The van der Waals surface area contributed by atoms with Crippen LogP contribution in [0, 0.1) is 0 Å². The molecule has 0 bridgehead atoms. The van der Waals surface area contributed by atoms with Crippen molar-refractivity contribution in [1.29, 1.82) is 0 Å². The van der Waals surface area contributed by atoms with Gasteiger partial charge in [-0.15, -0.1) is 5.10 Å². The number of hydrogen-bond donors (Lipinski definition) is 3. The van der Waals surface area contributed by atoms with Crippen LogP contribution in [0.4, 0.5) is 24.9 Å². The number of alkyl halides is 3. The van der Waals surface area contributed by atoms with Gasteiger partial charge in [0.1, 0.15) is 17.6 Å². The topological polar surface area (TPSA) is 119 Å². The Morgan fingerprint density at radius 2 is 1.85 bits per heavy atom. The number of nitrogens with two attached hydrogens (primary N) is 1. The Hall–Kier alpha value is -3.41. The molecule has 5 rings (SSSR count). The van der Waals surface area contributed by atoms with Crippen LogP contribution < -0.4 is 11.1 Å². The minimum atomic E-state index is -4.36. The number of aliphatic hydroxyl groups is 1. The van der Waals surface area contributed by atoms with Gasteiger partial charge in [0.25, 0.3) is 0 Å². The first kappa shape index (κ1) is 25.2. The van der Waals surface area contributed by atoms with E-state index in [1.165, 1.54) is 6.42 Å². The molecule has 184 valence electrons. The van der Waals surface area contributed by atoms with E-state index in [1.54, 1.807) is 36.0 Å².